The number of hydrogen-bond acceptors (Lipinski definition) is 3. The molecular weight excluding hydrogens is 474 g/mol. The van der Waals surface area contributed by atoms with Crippen LogP contribution < -0.4 is 10.0 Å². The molecule has 0 radical (unpaired) electrons. The summed E-state index contributed by atoms with van der Waals surface area (Å²) in [6.07, 6.45) is 0. The summed E-state index contributed by atoms with van der Waals surface area (Å²) in [5, 5.41) is 3.30. The van der Waals surface area contributed by atoms with Crippen LogP contribution in [0.4, 0.5) is 10.1 Å². The van der Waals surface area contributed by atoms with Crippen LogP contribution in [0, 0.1) is 5.82 Å². The Morgan fingerprint density at radius 3 is 2.28 bits per heavy atom. The van der Waals surface area contributed by atoms with Gasteiger partial charge in [0.1, 0.15) is 10.7 Å². The summed E-state index contributed by atoms with van der Waals surface area (Å²) in [5.74, 6) is -1.17. The van der Waals surface area contributed by atoms with Gasteiger partial charge in [0.15, 0.2) is 0 Å². The fourth-order valence-electron chi connectivity index (χ4n) is 2.91. The molecule has 0 bridgehead atoms. The van der Waals surface area contributed by atoms with Crippen molar-refractivity contribution in [2.75, 3.05) is 5.32 Å². The van der Waals surface area contributed by atoms with Gasteiger partial charge in [-0.25, -0.2) is 17.5 Å². The van der Waals surface area contributed by atoms with E-state index in [-0.39, 0.29) is 17.1 Å². The smallest absolute Gasteiger partial charge is 0.255 e. The van der Waals surface area contributed by atoms with E-state index < -0.39 is 26.6 Å². The molecular formula is C23H21Cl2FN2O3S. The maximum absolute atomic E-state index is 14.3. The van der Waals surface area contributed by atoms with E-state index in [2.05, 4.69) is 23.9 Å². The lowest BCUT2D eigenvalue weighted by molar-refractivity contribution is 0.102. The fourth-order valence-corrected chi connectivity index (χ4v) is 4.35. The zero-order chi connectivity index (χ0) is 23.5. The molecule has 0 fully saturated rings. The van der Waals surface area contributed by atoms with Crippen LogP contribution in [0.3, 0.4) is 0 Å². The standard InChI is InChI=1S/C23H21Cl2FN2O3S/c1-14(2)16-4-7-18(8-5-16)28-23(29)17-6-10-21(26)22(12-17)32(30,31)27-13-15-3-9-19(24)20(25)11-15/h3-12,14,27H,13H2,1-2H3,(H,28,29). The lowest BCUT2D eigenvalue weighted by atomic mass is 10.0. The van der Waals surface area contributed by atoms with E-state index in [0.29, 0.717) is 22.2 Å². The van der Waals surface area contributed by atoms with Gasteiger partial charge in [-0.3, -0.25) is 4.79 Å². The van der Waals surface area contributed by atoms with Gasteiger partial charge in [-0.1, -0.05) is 55.2 Å². The number of carbonyl (C=O) groups is 1. The zero-order valence-corrected chi connectivity index (χ0v) is 19.7. The molecule has 1 amide bonds. The quantitative estimate of drug-likeness (QED) is 0.423. The lowest BCUT2D eigenvalue weighted by Gasteiger charge is -2.11. The van der Waals surface area contributed by atoms with E-state index in [1.807, 2.05) is 12.1 Å². The van der Waals surface area contributed by atoms with Gasteiger partial charge in [-0.05, 0) is 59.5 Å². The van der Waals surface area contributed by atoms with Gasteiger partial charge in [-0.2, -0.15) is 0 Å². The molecule has 32 heavy (non-hydrogen) atoms. The second-order valence-electron chi connectivity index (χ2n) is 7.45. The highest BCUT2D eigenvalue weighted by atomic mass is 35.5. The Labute approximate surface area is 196 Å². The van der Waals surface area contributed by atoms with E-state index in [1.54, 1.807) is 18.2 Å². The summed E-state index contributed by atoms with van der Waals surface area (Å²) < 4.78 is 42.0. The van der Waals surface area contributed by atoms with Crippen molar-refractivity contribution in [3.63, 3.8) is 0 Å². The van der Waals surface area contributed by atoms with E-state index in [4.69, 9.17) is 23.2 Å². The van der Waals surface area contributed by atoms with Crippen LogP contribution in [-0.4, -0.2) is 14.3 Å². The van der Waals surface area contributed by atoms with Crippen molar-refractivity contribution in [3.05, 3.63) is 93.2 Å². The third-order valence-electron chi connectivity index (χ3n) is 4.77. The second-order valence-corrected chi connectivity index (χ2v) is 10.00. The molecule has 0 aliphatic rings. The number of amides is 1. The number of anilines is 1. The highest BCUT2D eigenvalue weighted by Gasteiger charge is 2.21. The Morgan fingerprint density at radius 1 is 0.969 bits per heavy atom. The first-order valence-corrected chi connectivity index (χ1v) is 11.9. The molecule has 0 saturated carbocycles. The van der Waals surface area contributed by atoms with Gasteiger partial charge in [-0.15, -0.1) is 0 Å². The van der Waals surface area contributed by atoms with Crippen LogP contribution in [0.5, 0.6) is 0 Å². The zero-order valence-electron chi connectivity index (χ0n) is 17.3. The van der Waals surface area contributed by atoms with Gasteiger partial charge in [0.2, 0.25) is 10.0 Å². The molecule has 0 unspecified atom stereocenters. The molecule has 0 aromatic heterocycles. The highest BCUT2D eigenvalue weighted by molar-refractivity contribution is 7.89. The van der Waals surface area contributed by atoms with Crippen molar-refractivity contribution in [3.8, 4) is 0 Å². The first-order chi connectivity index (χ1) is 15.1. The summed E-state index contributed by atoms with van der Waals surface area (Å²) in [6.45, 7) is 3.99. The summed E-state index contributed by atoms with van der Waals surface area (Å²) in [4.78, 5) is 12.0. The predicted octanol–water partition coefficient (Wildman–Crippen LogP) is 5.99. The molecule has 0 aliphatic heterocycles. The van der Waals surface area contributed by atoms with E-state index >= 15 is 0 Å². The topological polar surface area (TPSA) is 75.3 Å². The van der Waals surface area contributed by atoms with Gasteiger partial charge in [0.25, 0.3) is 5.91 Å². The molecule has 9 heteroatoms. The molecule has 168 valence electrons. The number of hydrogen-bond donors (Lipinski definition) is 2. The minimum absolute atomic E-state index is 0.00856. The molecule has 3 aromatic rings. The fraction of sp³-hybridized carbons (Fsp3) is 0.174. The van der Waals surface area contributed by atoms with Crippen LogP contribution in [-0.2, 0) is 16.6 Å². The largest absolute Gasteiger partial charge is 0.322 e. The lowest BCUT2D eigenvalue weighted by Crippen LogP contribution is -2.25. The number of rotatable bonds is 7. The van der Waals surface area contributed by atoms with Crippen molar-refractivity contribution in [2.45, 2.75) is 31.2 Å². The Balaban J connectivity index is 1.77. The number of benzene rings is 3. The van der Waals surface area contributed by atoms with Crippen molar-refractivity contribution in [1.29, 1.82) is 0 Å². The SMILES string of the molecule is CC(C)c1ccc(NC(=O)c2ccc(F)c(S(=O)(=O)NCc3ccc(Cl)c(Cl)c3)c2)cc1. The molecule has 5 nitrogen and oxygen atoms in total. The number of carbonyl (C=O) groups excluding carboxylic acids is 1. The van der Waals surface area contributed by atoms with Gasteiger partial charge in [0, 0.05) is 17.8 Å². The first-order valence-electron chi connectivity index (χ1n) is 9.71. The Kier molecular flexibility index (Phi) is 7.56. The van der Waals surface area contributed by atoms with Gasteiger partial charge in [0.05, 0.1) is 10.0 Å². The first kappa shape index (κ1) is 24.2. The molecule has 3 rings (SSSR count). The molecule has 0 atom stereocenters. The molecule has 2 N–H and O–H groups in total. The third kappa shape index (κ3) is 5.86. The maximum atomic E-state index is 14.3. The Hall–Kier alpha value is -2.45. The normalized spacial score (nSPS) is 11.6. The molecule has 0 saturated heterocycles. The maximum Gasteiger partial charge on any atom is 0.255 e. The average Bonchev–Trinajstić information content (AvgIpc) is 2.75. The monoisotopic (exact) mass is 494 g/mol. The van der Waals surface area contributed by atoms with Crippen LogP contribution in [0.15, 0.2) is 65.6 Å². The van der Waals surface area contributed by atoms with E-state index in [9.17, 15) is 17.6 Å². The van der Waals surface area contributed by atoms with Crippen LogP contribution in [0.2, 0.25) is 10.0 Å². The molecule has 0 spiro atoms. The summed E-state index contributed by atoms with van der Waals surface area (Å²) in [6, 6.07) is 15.1. The molecule has 0 heterocycles. The summed E-state index contributed by atoms with van der Waals surface area (Å²) in [7, 11) is -4.24. The van der Waals surface area contributed by atoms with E-state index in [1.165, 1.54) is 18.2 Å². The number of sulfonamides is 1. The van der Waals surface area contributed by atoms with Crippen molar-refractivity contribution in [2.24, 2.45) is 0 Å². The van der Waals surface area contributed by atoms with E-state index in [0.717, 1.165) is 17.7 Å². The summed E-state index contributed by atoms with van der Waals surface area (Å²) >= 11 is 11.8. The Morgan fingerprint density at radius 2 is 1.66 bits per heavy atom. The number of halogens is 3. The Bertz CT molecular complexity index is 1250. The van der Waals surface area contributed by atoms with Crippen molar-refractivity contribution < 1.29 is 17.6 Å². The summed E-state index contributed by atoms with van der Waals surface area (Å²) in [5.41, 5.74) is 2.22. The minimum Gasteiger partial charge on any atom is -0.322 e. The van der Waals surface area contributed by atoms with Crippen LogP contribution in [0.1, 0.15) is 41.3 Å². The molecule has 3 aromatic carbocycles. The average molecular weight is 495 g/mol. The number of nitrogens with one attached hydrogen (secondary N) is 2. The highest BCUT2D eigenvalue weighted by Crippen LogP contribution is 2.23. The predicted molar refractivity (Wildman–Crippen MR) is 125 cm³/mol. The molecule has 0 aliphatic carbocycles. The minimum atomic E-state index is -4.24. The van der Waals surface area contributed by atoms with Gasteiger partial charge < -0.3 is 5.32 Å². The third-order valence-corrected chi connectivity index (χ3v) is 6.92. The van der Waals surface area contributed by atoms with Gasteiger partial charge >= 0.3 is 0 Å². The van der Waals surface area contributed by atoms with Crippen LogP contribution >= 0.6 is 23.2 Å². The van der Waals surface area contributed by atoms with Crippen molar-refractivity contribution in [1.82, 2.24) is 4.72 Å². The van der Waals surface area contributed by atoms with Crippen molar-refractivity contribution >= 4 is 44.8 Å². The van der Waals surface area contributed by atoms with Crippen LogP contribution in [0.25, 0.3) is 0 Å². The second kappa shape index (κ2) is 10.0.